The average Bonchev–Trinajstić information content (AvgIpc) is 2.92. The van der Waals surface area contributed by atoms with Gasteiger partial charge in [-0.25, -0.2) is 4.98 Å². The summed E-state index contributed by atoms with van der Waals surface area (Å²) in [6, 6.07) is 6.25. The third kappa shape index (κ3) is 2.33. The third-order valence-electron chi connectivity index (χ3n) is 3.67. The molecule has 0 spiro atoms. The lowest BCUT2D eigenvalue weighted by atomic mass is 10.1. The van der Waals surface area contributed by atoms with Crippen molar-refractivity contribution in [3.05, 3.63) is 23.6 Å². The first-order valence-corrected chi connectivity index (χ1v) is 7.86. The normalized spacial score (nSPS) is 17.7. The molecule has 5 heteroatoms. The summed E-state index contributed by atoms with van der Waals surface area (Å²) >= 11 is 1.47. The van der Waals surface area contributed by atoms with Gasteiger partial charge in [0.15, 0.2) is 5.13 Å². The van der Waals surface area contributed by atoms with Crippen LogP contribution in [0.1, 0.15) is 20.3 Å². The van der Waals surface area contributed by atoms with Crippen molar-refractivity contribution >= 4 is 22.2 Å². The van der Waals surface area contributed by atoms with Crippen LogP contribution in [0, 0.1) is 0 Å². The lowest BCUT2D eigenvalue weighted by Crippen LogP contribution is -2.39. The van der Waals surface area contributed by atoms with Crippen LogP contribution >= 0.6 is 11.3 Å². The quantitative estimate of drug-likeness (QED) is 0.941. The smallest absolute Gasteiger partial charge is 0.180 e. The molecule has 1 aromatic carbocycles. The second-order valence-electron chi connectivity index (χ2n) is 4.94. The standard InChI is InChI=1S/C15H19N3OS/c1-3-11-8-18(4-2)13-7-10(5-6-14(13)19-11)12-9-20-15(16)17-12/h5-7,9,11H,3-4,8H2,1-2H3,(H2,16,17). The van der Waals surface area contributed by atoms with E-state index in [-0.39, 0.29) is 6.10 Å². The number of anilines is 2. The number of nitrogen functional groups attached to an aromatic ring is 1. The highest BCUT2D eigenvalue weighted by Crippen LogP contribution is 2.37. The van der Waals surface area contributed by atoms with Crippen LogP contribution in [0.4, 0.5) is 10.8 Å². The first-order valence-electron chi connectivity index (χ1n) is 6.98. The topological polar surface area (TPSA) is 51.4 Å². The second-order valence-corrected chi connectivity index (χ2v) is 5.83. The first kappa shape index (κ1) is 13.2. The van der Waals surface area contributed by atoms with Gasteiger partial charge in [0.05, 0.1) is 17.9 Å². The van der Waals surface area contributed by atoms with Crippen LogP contribution in [0.25, 0.3) is 11.3 Å². The molecule has 20 heavy (non-hydrogen) atoms. The van der Waals surface area contributed by atoms with Crippen molar-refractivity contribution in [1.29, 1.82) is 0 Å². The monoisotopic (exact) mass is 289 g/mol. The van der Waals surface area contributed by atoms with E-state index in [1.54, 1.807) is 0 Å². The summed E-state index contributed by atoms with van der Waals surface area (Å²) in [5.41, 5.74) is 8.90. The molecule has 1 aliphatic rings. The number of nitrogens with zero attached hydrogens (tertiary/aromatic N) is 2. The molecule has 1 unspecified atom stereocenters. The van der Waals surface area contributed by atoms with Gasteiger partial charge in [0.1, 0.15) is 11.9 Å². The van der Waals surface area contributed by atoms with Crippen molar-refractivity contribution in [1.82, 2.24) is 4.98 Å². The molecule has 3 rings (SSSR count). The van der Waals surface area contributed by atoms with Gasteiger partial charge in [-0.1, -0.05) is 6.92 Å². The number of benzene rings is 1. The molecule has 0 saturated heterocycles. The maximum atomic E-state index is 6.03. The van der Waals surface area contributed by atoms with Gasteiger partial charge >= 0.3 is 0 Å². The Kier molecular flexibility index (Phi) is 3.53. The Labute approximate surface area is 123 Å². The molecule has 0 saturated carbocycles. The molecule has 0 bridgehead atoms. The number of aromatic nitrogens is 1. The number of likely N-dealkylation sites (N-methyl/N-ethyl adjacent to an activating group) is 1. The van der Waals surface area contributed by atoms with Gasteiger partial charge < -0.3 is 15.4 Å². The highest BCUT2D eigenvalue weighted by atomic mass is 32.1. The van der Waals surface area contributed by atoms with Gasteiger partial charge in [-0.05, 0) is 31.5 Å². The molecule has 0 aliphatic carbocycles. The van der Waals surface area contributed by atoms with E-state index in [0.29, 0.717) is 5.13 Å². The molecule has 0 radical (unpaired) electrons. The molecule has 106 valence electrons. The first-order chi connectivity index (χ1) is 9.71. The number of hydrogen-bond acceptors (Lipinski definition) is 5. The van der Waals surface area contributed by atoms with Gasteiger partial charge in [-0.3, -0.25) is 0 Å². The molecule has 1 aliphatic heterocycles. The number of hydrogen-bond donors (Lipinski definition) is 1. The maximum absolute atomic E-state index is 6.03. The Balaban J connectivity index is 1.99. The molecule has 2 heterocycles. The fourth-order valence-electron chi connectivity index (χ4n) is 2.52. The van der Waals surface area contributed by atoms with Gasteiger partial charge in [-0.15, -0.1) is 11.3 Å². The Bertz CT molecular complexity index is 611. The SMILES string of the molecule is CCC1CN(CC)c2cc(-c3csc(N)n3)ccc2O1. The number of ether oxygens (including phenoxy) is 1. The zero-order valence-electron chi connectivity index (χ0n) is 11.8. The van der Waals surface area contributed by atoms with Crippen LogP contribution in [0.15, 0.2) is 23.6 Å². The van der Waals surface area contributed by atoms with Gasteiger partial charge in [0.2, 0.25) is 0 Å². The van der Waals surface area contributed by atoms with Gasteiger partial charge in [0, 0.05) is 17.5 Å². The van der Waals surface area contributed by atoms with Crippen molar-refractivity contribution in [2.45, 2.75) is 26.4 Å². The van der Waals surface area contributed by atoms with Crippen LogP contribution in [0.3, 0.4) is 0 Å². The minimum absolute atomic E-state index is 0.281. The summed E-state index contributed by atoms with van der Waals surface area (Å²) < 4.78 is 6.03. The van der Waals surface area contributed by atoms with E-state index in [1.807, 2.05) is 11.4 Å². The van der Waals surface area contributed by atoms with E-state index in [4.69, 9.17) is 10.5 Å². The number of nitrogens with two attached hydrogens (primary N) is 1. The van der Waals surface area contributed by atoms with Gasteiger partial charge in [0.25, 0.3) is 0 Å². The summed E-state index contributed by atoms with van der Waals surface area (Å²) in [5, 5.41) is 2.60. The summed E-state index contributed by atoms with van der Waals surface area (Å²) in [4.78, 5) is 6.72. The van der Waals surface area contributed by atoms with Crippen LogP contribution in [-0.2, 0) is 0 Å². The zero-order valence-corrected chi connectivity index (χ0v) is 12.6. The fourth-order valence-corrected chi connectivity index (χ4v) is 3.09. The van der Waals surface area contributed by atoms with Crippen molar-refractivity contribution in [3.8, 4) is 17.0 Å². The molecule has 4 nitrogen and oxygen atoms in total. The summed E-state index contributed by atoms with van der Waals surface area (Å²) in [6.07, 6.45) is 1.31. The summed E-state index contributed by atoms with van der Waals surface area (Å²) in [6.45, 7) is 6.27. The second kappa shape index (κ2) is 5.32. The molecule has 0 fully saturated rings. The van der Waals surface area contributed by atoms with Crippen LogP contribution in [-0.4, -0.2) is 24.2 Å². The average molecular weight is 289 g/mol. The third-order valence-corrected chi connectivity index (χ3v) is 4.35. The molecular formula is C15H19N3OS. The predicted molar refractivity (Wildman–Crippen MR) is 84.6 cm³/mol. The van der Waals surface area contributed by atoms with E-state index in [0.717, 1.165) is 42.2 Å². The van der Waals surface area contributed by atoms with Crippen molar-refractivity contribution < 1.29 is 4.74 Å². The molecular weight excluding hydrogens is 270 g/mol. The van der Waals surface area contributed by atoms with Crippen LogP contribution < -0.4 is 15.4 Å². The van der Waals surface area contributed by atoms with Crippen LogP contribution in [0.2, 0.25) is 0 Å². The predicted octanol–water partition coefficient (Wildman–Crippen LogP) is 3.39. The Hall–Kier alpha value is -1.75. The number of fused-ring (bicyclic) bond motifs is 1. The Morgan fingerprint density at radius 1 is 1.45 bits per heavy atom. The van der Waals surface area contributed by atoms with Gasteiger partial charge in [-0.2, -0.15) is 0 Å². The highest BCUT2D eigenvalue weighted by Gasteiger charge is 2.24. The molecule has 2 aromatic rings. The summed E-state index contributed by atoms with van der Waals surface area (Å²) in [5.74, 6) is 0.969. The van der Waals surface area contributed by atoms with Crippen molar-refractivity contribution in [2.75, 3.05) is 23.7 Å². The van der Waals surface area contributed by atoms with Crippen LogP contribution in [0.5, 0.6) is 5.75 Å². The van der Waals surface area contributed by atoms with Crippen molar-refractivity contribution in [3.63, 3.8) is 0 Å². The van der Waals surface area contributed by atoms with E-state index in [1.165, 1.54) is 11.3 Å². The molecule has 1 atom stereocenters. The minimum Gasteiger partial charge on any atom is -0.486 e. The van der Waals surface area contributed by atoms with E-state index in [9.17, 15) is 0 Å². The lowest BCUT2D eigenvalue weighted by Gasteiger charge is -2.35. The molecule has 1 aromatic heterocycles. The number of rotatable bonds is 3. The molecule has 0 amide bonds. The lowest BCUT2D eigenvalue weighted by molar-refractivity contribution is 0.190. The molecule has 2 N–H and O–H groups in total. The van der Waals surface area contributed by atoms with E-state index >= 15 is 0 Å². The zero-order chi connectivity index (χ0) is 14.1. The largest absolute Gasteiger partial charge is 0.486 e. The highest BCUT2D eigenvalue weighted by molar-refractivity contribution is 7.13. The van der Waals surface area contributed by atoms with E-state index < -0.39 is 0 Å². The Morgan fingerprint density at radius 2 is 2.30 bits per heavy atom. The summed E-state index contributed by atoms with van der Waals surface area (Å²) in [7, 11) is 0. The van der Waals surface area contributed by atoms with E-state index in [2.05, 4.69) is 35.9 Å². The number of thiazole rings is 1. The maximum Gasteiger partial charge on any atom is 0.180 e. The Morgan fingerprint density at radius 3 is 2.95 bits per heavy atom. The minimum atomic E-state index is 0.281. The van der Waals surface area contributed by atoms with Crippen molar-refractivity contribution in [2.24, 2.45) is 0 Å². The fraction of sp³-hybridized carbons (Fsp3) is 0.400.